The number of alkyl halides is 1. The molecule has 1 heterocycles. The number of nitrogens with zero attached hydrogens (tertiary/aromatic N) is 1. The molecule has 0 fully saturated rings. The van der Waals surface area contributed by atoms with E-state index in [-0.39, 0.29) is 30.1 Å². The zero-order valence-corrected chi connectivity index (χ0v) is 14.8. The summed E-state index contributed by atoms with van der Waals surface area (Å²) in [5.74, 6) is 0. The Bertz CT molecular complexity index is 434. The van der Waals surface area contributed by atoms with Gasteiger partial charge >= 0.3 is 6.09 Å². The van der Waals surface area contributed by atoms with E-state index >= 15 is 0 Å². The van der Waals surface area contributed by atoms with Crippen LogP contribution in [0.1, 0.15) is 12.0 Å². The van der Waals surface area contributed by atoms with Crippen molar-refractivity contribution < 1.29 is 33.5 Å². The van der Waals surface area contributed by atoms with Gasteiger partial charge in [0, 0.05) is 17.5 Å². The second kappa shape index (κ2) is 8.78. The van der Waals surface area contributed by atoms with Crippen LogP contribution in [0, 0.1) is 0 Å². The van der Waals surface area contributed by atoms with Crippen molar-refractivity contribution in [1.82, 2.24) is 4.90 Å². The van der Waals surface area contributed by atoms with Gasteiger partial charge in [0.05, 0.1) is 0 Å². The van der Waals surface area contributed by atoms with Crippen LogP contribution in [0.25, 0.3) is 0 Å². The lowest BCUT2D eigenvalue weighted by atomic mass is 10.1. The number of amides is 1. The summed E-state index contributed by atoms with van der Waals surface area (Å²) in [4.78, 5) is 13.7. The molecule has 1 aromatic carbocycles. The maximum atomic E-state index is 11.9. The number of rotatable bonds is 3. The normalized spacial score (nSPS) is 14.4. The van der Waals surface area contributed by atoms with E-state index < -0.39 is 0 Å². The molecule has 0 saturated heterocycles. The Morgan fingerprint density at radius 2 is 2.05 bits per heavy atom. The summed E-state index contributed by atoms with van der Waals surface area (Å²) < 4.78 is 6.29. The summed E-state index contributed by atoms with van der Waals surface area (Å²) in [7, 11) is 0. The Balaban J connectivity index is 0.00000180. The molecule has 1 aromatic rings. The molecule has 2 rings (SSSR count). The number of hydrogen-bond acceptors (Lipinski definition) is 2. The van der Waals surface area contributed by atoms with Gasteiger partial charge < -0.3 is 33.6 Å². The average Bonchev–Trinajstić information content (AvgIpc) is 2.46. The van der Waals surface area contributed by atoms with Crippen LogP contribution in [-0.2, 0) is 11.3 Å². The van der Waals surface area contributed by atoms with Crippen molar-refractivity contribution >= 4 is 28.7 Å². The van der Waals surface area contributed by atoms with Crippen LogP contribution in [0.15, 0.2) is 42.0 Å². The van der Waals surface area contributed by atoms with Crippen molar-refractivity contribution in [2.75, 3.05) is 17.5 Å². The van der Waals surface area contributed by atoms with E-state index in [1.807, 2.05) is 30.3 Å². The molecule has 1 aliphatic heterocycles. The minimum atomic E-state index is -0.214. The lowest BCUT2D eigenvalue weighted by Crippen LogP contribution is -3.00. The van der Waals surface area contributed by atoms with Gasteiger partial charge in [-0.15, -0.1) is 0 Å². The van der Waals surface area contributed by atoms with Crippen LogP contribution in [-0.4, -0.2) is 28.5 Å². The summed E-state index contributed by atoms with van der Waals surface area (Å²) >= 11 is 2.32. The first-order valence-electron chi connectivity index (χ1n) is 5.99. The largest absolute Gasteiger partial charge is 1.00 e. The highest BCUT2D eigenvalue weighted by molar-refractivity contribution is 14.1. The van der Waals surface area contributed by atoms with E-state index in [0.717, 1.165) is 23.0 Å². The molecule has 1 aliphatic rings. The average molecular weight is 484 g/mol. The Hall–Kier alpha value is -0.310. The van der Waals surface area contributed by atoms with Crippen LogP contribution in [0.5, 0.6) is 0 Å². The number of carbonyl (C=O) groups excluding carboxylic acids is 1. The van der Waals surface area contributed by atoms with Crippen LogP contribution >= 0.6 is 22.6 Å². The Morgan fingerprint density at radius 3 is 2.74 bits per heavy atom. The van der Waals surface area contributed by atoms with E-state index in [1.165, 1.54) is 5.57 Å². The molecule has 0 N–H and O–H groups in total. The second-order valence-corrected chi connectivity index (χ2v) is 5.01. The SMILES string of the molecule is O=C(OCc1ccccc1)N1CCC=C(CI)C1.[I-]. The smallest absolute Gasteiger partial charge is 0.410 e. The minimum absolute atomic E-state index is 0. The van der Waals surface area contributed by atoms with E-state index in [0.29, 0.717) is 13.2 Å². The van der Waals surface area contributed by atoms with Crippen molar-refractivity contribution in [1.29, 1.82) is 0 Å². The standard InChI is InChI=1S/C14H16INO2.HI/c15-9-13-7-4-8-16(10-13)14(17)18-11-12-5-2-1-3-6-12;/h1-3,5-7H,4,8-11H2;1H/p-1. The van der Waals surface area contributed by atoms with Crippen molar-refractivity contribution in [2.45, 2.75) is 13.0 Å². The first kappa shape index (κ1) is 16.7. The molecule has 1 amide bonds. The molecule has 0 bridgehead atoms. The van der Waals surface area contributed by atoms with Crippen molar-refractivity contribution in [3.05, 3.63) is 47.5 Å². The van der Waals surface area contributed by atoms with Gasteiger partial charge in [0.1, 0.15) is 6.61 Å². The van der Waals surface area contributed by atoms with Gasteiger partial charge in [-0.1, -0.05) is 59.0 Å². The molecule has 0 radical (unpaired) electrons. The molecule has 3 nitrogen and oxygen atoms in total. The van der Waals surface area contributed by atoms with Gasteiger partial charge in [0.25, 0.3) is 0 Å². The van der Waals surface area contributed by atoms with Crippen molar-refractivity contribution in [2.24, 2.45) is 0 Å². The molecule has 0 aromatic heterocycles. The monoisotopic (exact) mass is 484 g/mol. The highest BCUT2D eigenvalue weighted by atomic mass is 127. The number of hydrogen-bond donors (Lipinski definition) is 0. The Labute approximate surface area is 144 Å². The van der Waals surface area contributed by atoms with Gasteiger partial charge in [-0.3, -0.25) is 0 Å². The van der Waals surface area contributed by atoms with Crippen LogP contribution < -0.4 is 24.0 Å². The maximum Gasteiger partial charge on any atom is 0.410 e. The summed E-state index contributed by atoms with van der Waals surface area (Å²) in [5, 5.41) is 0. The Kier molecular flexibility index (Phi) is 7.74. The van der Waals surface area contributed by atoms with Gasteiger partial charge in [0.15, 0.2) is 0 Å². The minimum Gasteiger partial charge on any atom is -1.00 e. The third-order valence-corrected chi connectivity index (χ3v) is 3.84. The zero-order chi connectivity index (χ0) is 12.8. The molecular weight excluding hydrogens is 468 g/mol. The zero-order valence-electron chi connectivity index (χ0n) is 10.5. The van der Waals surface area contributed by atoms with Crippen LogP contribution in [0.3, 0.4) is 0 Å². The van der Waals surface area contributed by atoms with Crippen molar-refractivity contribution in [3.8, 4) is 0 Å². The van der Waals surface area contributed by atoms with Gasteiger partial charge in [-0.2, -0.15) is 0 Å². The highest BCUT2D eigenvalue weighted by Gasteiger charge is 2.18. The number of ether oxygens (including phenoxy) is 1. The third-order valence-electron chi connectivity index (χ3n) is 2.86. The van der Waals surface area contributed by atoms with E-state index in [9.17, 15) is 4.79 Å². The van der Waals surface area contributed by atoms with Crippen LogP contribution in [0.4, 0.5) is 4.79 Å². The fourth-order valence-corrected chi connectivity index (χ4v) is 2.43. The molecule has 0 unspecified atom stereocenters. The van der Waals surface area contributed by atoms with Gasteiger partial charge in [-0.25, -0.2) is 4.79 Å². The lowest BCUT2D eigenvalue weighted by molar-refractivity contribution is -0.0000106. The summed E-state index contributed by atoms with van der Waals surface area (Å²) in [6.07, 6.45) is 2.93. The van der Waals surface area contributed by atoms with Crippen molar-refractivity contribution in [3.63, 3.8) is 0 Å². The third kappa shape index (κ3) is 5.29. The fraction of sp³-hybridized carbons (Fsp3) is 0.357. The van der Waals surface area contributed by atoms with E-state index in [2.05, 4.69) is 28.7 Å². The molecule has 104 valence electrons. The maximum absolute atomic E-state index is 11.9. The Morgan fingerprint density at radius 1 is 1.32 bits per heavy atom. The summed E-state index contributed by atoms with van der Waals surface area (Å²) in [6.45, 7) is 1.81. The first-order chi connectivity index (χ1) is 8.79. The quantitative estimate of drug-likeness (QED) is 0.354. The lowest BCUT2D eigenvalue weighted by Gasteiger charge is -2.26. The molecule has 0 aliphatic carbocycles. The molecule has 0 spiro atoms. The van der Waals surface area contributed by atoms with E-state index in [1.54, 1.807) is 4.90 Å². The second-order valence-electron chi connectivity index (χ2n) is 4.25. The number of carbonyl (C=O) groups is 1. The summed E-state index contributed by atoms with van der Waals surface area (Å²) in [6, 6.07) is 9.76. The molecule has 5 heteroatoms. The van der Waals surface area contributed by atoms with Gasteiger partial charge in [0.2, 0.25) is 0 Å². The topological polar surface area (TPSA) is 29.5 Å². The highest BCUT2D eigenvalue weighted by Crippen LogP contribution is 2.13. The molecular formula is C14H16I2NO2-. The number of halogens is 2. The molecule has 0 saturated carbocycles. The first-order valence-corrected chi connectivity index (χ1v) is 7.51. The predicted octanol–water partition coefficient (Wildman–Crippen LogP) is 0.394. The van der Waals surface area contributed by atoms with Gasteiger partial charge in [-0.05, 0) is 17.6 Å². The molecule has 19 heavy (non-hydrogen) atoms. The van der Waals surface area contributed by atoms with Crippen LogP contribution in [0.2, 0.25) is 0 Å². The summed E-state index contributed by atoms with van der Waals surface area (Å²) in [5.41, 5.74) is 2.33. The molecule has 0 atom stereocenters. The van der Waals surface area contributed by atoms with E-state index in [4.69, 9.17) is 4.74 Å². The fourth-order valence-electron chi connectivity index (χ4n) is 1.88. The number of benzene rings is 1. The predicted molar refractivity (Wildman–Crippen MR) is 79.8 cm³/mol.